The lowest BCUT2D eigenvalue weighted by Gasteiger charge is -2.55. The molecule has 4 nitrogen and oxygen atoms in total. The maximum Gasteiger partial charge on any atom is 0.193 e. The molecule has 0 saturated carbocycles. The van der Waals surface area contributed by atoms with Gasteiger partial charge in [-0.05, 0) is 51.4 Å². The van der Waals surface area contributed by atoms with Gasteiger partial charge >= 0.3 is 0 Å². The maximum absolute atomic E-state index is 3.05. The molecule has 4 unspecified atom stereocenters. The van der Waals surface area contributed by atoms with Gasteiger partial charge in [0.2, 0.25) is 0 Å². The van der Waals surface area contributed by atoms with Crippen LogP contribution >= 0.6 is 0 Å². The summed E-state index contributed by atoms with van der Waals surface area (Å²) < 4.78 is 0. The zero-order valence-corrected chi connectivity index (χ0v) is 15.9. The average molecular weight is 345 g/mol. The van der Waals surface area contributed by atoms with Gasteiger partial charge in [0.1, 0.15) is 0 Å². The summed E-state index contributed by atoms with van der Waals surface area (Å²) in [6.07, 6.45) is 17.4. The molecule has 1 spiro atoms. The van der Waals surface area contributed by atoms with Crippen LogP contribution in [0.15, 0.2) is 0 Å². The minimum atomic E-state index is 0.187. The van der Waals surface area contributed by atoms with Gasteiger partial charge in [-0.3, -0.25) is 19.6 Å². The third-order valence-corrected chi connectivity index (χ3v) is 8.63. The molecule has 6 heterocycles. The van der Waals surface area contributed by atoms with Crippen molar-refractivity contribution in [3.05, 3.63) is 0 Å². The Hall–Kier alpha value is -0.160. The van der Waals surface area contributed by atoms with Crippen molar-refractivity contribution in [2.75, 3.05) is 26.2 Å². The predicted octanol–water partition coefficient (Wildman–Crippen LogP) is 3.04. The first-order chi connectivity index (χ1) is 12.4. The summed E-state index contributed by atoms with van der Waals surface area (Å²) in [4.78, 5) is 12.2. The van der Waals surface area contributed by atoms with Gasteiger partial charge in [0.05, 0.1) is 0 Å². The highest BCUT2D eigenvalue weighted by molar-refractivity contribution is 5.16. The molecule has 6 aliphatic heterocycles. The molecule has 6 rings (SSSR count). The third-order valence-electron chi connectivity index (χ3n) is 8.63. The van der Waals surface area contributed by atoms with E-state index >= 15 is 0 Å². The van der Waals surface area contributed by atoms with Crippen LogP contribution < -0.4 is 0 Å². The number of fused-ring (bicyclic) bond motifs is 10. The monoisotopic (exact) mass is 344 g/mol. The molecule has 0 aromatic rings. The molecule has 25 heavy (non-hydrogen) atoms. The molecule has 6 saturated heterocycles. The maximum atomic E-state index is 3.05. The van der Waals surface area contributed by atoms with Crippen LogP contribution in [-0.2, 0) is 0 Å². The van der Waals surface area contributed by atoms with E-state index in [1.807, 2.05) is 0 Å². The molecule has 0 N–H and O–H groups in total. The highest BCUT2D eigenvalue weighted by Gasteiger charge is 2.69. The van der Waals surface area contributed by atoms with Gasteiger partial charge < -0.3 is 0 Å². The van der Waals surface area contributed by atoms with Gasteiger partial charge in [-0.15, -0.1) is 0 Å². The number of hydrogen-bond donors (Lipinski definition) is 0. The Bertz CT molecular complexity index is 429. The molecule has 0 aromatic heterocycles. The SMILES string of the molecule is C1CCN2C(C1)C1CCCCN1C21N2CCCCC2C2CCCCN21. The number of rotatable bonds is 0. The standard InChI is InChI=1S/C21H36N4/c1-5-13-22-17(9-1)18-10-2-6-14-23(18)21(22)24-15-7-3-11-19(24)20-12-4-8-16-25(20)21/h17-20H,1-16H2. The van der Waals surface area contributed by atoms with Crippen molar-refractivity contribution in [2.45, 2.75) is 107 Å². The smallest absolute Gasteiger partial charge is 0.193 e. The van der Waals surface area contributed by atoms with Gasteiger partial charge in [-0.2, -0.15) is 0 Å². The zero-order valence-electron chi connectivity index (χ0n) is 15.9. The summed E-state index contributed by atoms with van der Waals surface area (Å²) in [5.74, 6) is 0.187. The minimum absolute atomic E-state index is 0.187. The van der Waals surface area contributed by atoms with Gasteiger partial charge in [-0.1, -0.05) is 25.7 Å². The molecule has 4 heteroatoms. The number of piperidine rings is 4. The molecule has 6 fully saturated rings. The summed E-state index contributed by atoms with van der Waals surface area (Å²) in [7, 11) is 0. The van der Waals surface area contributed by atoms with Crippen LogP contribution in [0.5, 0.6) is 0 Å². The van der Waals surface area contributed by atoms with E-state index in [0.29, 0.717) is 0 Å². The molecule has 0 bridgehead atoms. The quantitative estimate of drug-likeness (QED) is 0.669. The molecular weight excluding hydrogens is 308 g/mol. The summed E-state index contributed by atoms with van der Waals surface area (Å²) in [6, 6.07) is 3.38. The van der Waals surface area contributed by atoms with E-state index in [2.05, 4.69) is 19.6 Å². The molecule has 140 valence electrons. The average Bonchev–Trinajstić information content (AvgIpc) is 3.16. The van der Waals surface area contributed by atoms with E-state index < -0.39 is 0 Å². The van der Waals surface area contributed by atoms with E-state index in [1.165, 1.54) is 103 Å². The fraction of sp³-hybridized carbons (Fsp3) is 1.00. The third kappa shape index (κ3) is 1.98. The molecule has 0 amide bonds. The number of hydrogen-bond acceptors (Lipinski definition) is 4. The van der Waals surface area contributed by atoms with Gasteiger partial charge in [-0.25, -0.2) is 0 Å². The first-order valence-corrected chi connectivity index (χ1v) is 11.5. The second kappa shape index (κ2) is 5.92. The summed E-state index contributed by atoms with van der Waals surface area (Å²) in [5, 5.41) is 0. The van der Waals surface area contributed by atoms with Crippen molar-refractivity contribution in [3.63, 3.8) is 0 Å². The van der Waals surface area contributed by atoms with Gasteiger partial charge in [0.25, 0.3) is 0 Å². The second-order valence-electron chi connectivity index (χ2n) is 9.63. The van der Waals surface area contributed by atoms with Crippen LogP contribution in [0.25, 0.3) is 0 Å². The Morgan fingerprint density at radius 1 is 0.400 bits per heavy atom. The van der Waals surface area contributed by atoms with Crippen molar-refractivity contribution >= 4 is 0 Å². The van der Waals surface area contributed by atoms with Crippen molar-refractivity contribution < 1.29 is 0 Å². The second-order valence-corrected chi connectivity index (χ2v) is 9.63. The molecular formula is C21H36N4. The van der Waals surface area contributed by atoms with E-state index in [9.17, 15) is 0 Å². The van der Waals surface area contributed by atoms with Gasteiger partial charge in [0, 0.05) is 50.3 Å². The summed E-state index contributed by atoms with van der Waals surface area (Å²) in [6.45, 7) is 5.41. The highest BCUT2D eigenvalue weighted by atomic mass is 15.8. The van der Waals surface area contributed by atoms with Crippen LogP contribution in [0.1, 0.15) is 77.0 Å². The van der Waals surface area contributed by atoms with Crippen molar-refractivity contribution in [3.8, 4) is 0 Å². The molecule has 0 radical (unpaired) electrons. The molecule has 4 atom stereocenters. The Kier molecular flexibility index (Phi) is 3.75. The minimum Gasteiger partial charge on any atom is -0.255 e. The normalized spacial score (nSPS) is 49.0. The largest absolute Gasteiger partial charge is 0.255 e. The van der Waals surface area contributed by atoms with Crippen LogP contribution in [0.4, 0.5) is 0 Å². The first kappa shape index (κ1) is 15.9. The van der Waals surface area contributed by atoms with Crippen molar-refractivity contribution in [1.82, 2.24) is 19.6 Å². The highest BCUT2D eigenvalue weighted by Crippen LogP contribution is 2.54. The summed E-state index contributed by atoms with van der Waals surface area (Å²) in [5.41, 5.74) is 0. The molecule has 0 aromatic carbocycles. The van der Waals surface area contributed by atoms with E-state index in [0.717, 1.165) is 24.2 Å². The molecule has 0 aliphatic carbocycles. The fourth-order valence-corrected chi connectivity index (χ4v) is 7.91. The lowest BCUT2D eigenvalue weighted by molar-refractivity contribution is -0.213. The molecule has 6 aliphatic rings. The van der Waals surface area contributed by atoms with Crippen LogP contribution in [-0.4, -0.2) is 75.9 Å². The number of nitrogens with zero attached hydrogens (tertiary/aromatic N) is 4. The van der Waals surface area contributed by atoms with E-state index in [4.69, 9.17) is 0 Å². The fourth-order valence-electron chi connectivity index (χ4n) is 7.91. The van der Waals surface area contributed by atoms with Crippen molar-refractivity contribution in [1.29, 1.82) is 0 Å². The van der Waals surface area contributed by atoms with Gasteiger partial charge in [0.15, 0.2) is 5.91 Å². The Morgan fingerprint density at radius 3 is 0.960 bits per heavy atom. The Labute approximate surface area is 153 Å². The van der Waals surface area contributed by atoms with Crippen LogP contribution in [0.2, 0.25) is 0 Å². The van der Waals surface area contributed by atoms with E-state index in [1.54, 1.807) is 0 Å². The zero-order chi connectivity index (χ0) is 16.4. The Morgan fingerprint density at radius 2 is 0.680 bits per heavy atom. The first-order valence-electron chi connectivity index (χ1n) is 11.5. The lowest BCUT2D eigenvalue weighted by atomic mass is 9.92. The lowest BCUT2D eigenvalue weighted by Crippen LogP contribution is -2.72. The topological polar surface area (TPSA) is 13.0 Å². The van der Waals surface area contributed by atoms with E-state index in [-0.39, 0.29) is 5.91 Å². The van der Waals surface area contributed by atoms with Crippen molar-refractivity contribution in [2.24, 2.45) is 0 Å². The van der Waals surface area contributed by atoms with Crippen LogP contribution in [0, 0.1) is 0 Å². The Balaban J connectivity index is 1.50. The van der Waals surface area contributed by atoms with Crippen LogP contribution in [0.3, 0.4) is 0 Å². The summed E-state index contributed by atoms with van der Waals surface area (Å²) >= 11 is 0. The predicted molar refractivity (Wildman–Crippen MR) is 100 cm³/mol.